The molecule has 0 aliphatic rings. The van der Waals surface area contributed by atoms with Crippen molar-refractivity contribution in [2.45, 2.75) is 66.2 Å². The van der Waals surface area contributed by atoms with Crippen LogP contribution in [0.5, 0.6) is 0 Å². The van der Waals surface area contributed by atoms with E-state index in [2.05, 4.69) is 23.6 Å². The van der Waals surface area contributed by atoms with E-state index >= 15 is 0 Å². The molecule has 0 aliphatic carbocycles. The van der Waals surface area contributed by atoms with Gasteiger partial charge in [-0.05, 0) is 82.5 Å². The zero-order chi connectivity index (χ0) is 32.1. The van der Waals surface area contributed by atoms with Gasteiger partial charge in [-0.15, -0.1) is 22.7 Å². The van der Waals surface area contributed by atoms with Gasteiger partial charge in [0, 0.05) is 29.2 Å². The number of amides is 2. The monoisotopic (exact) mass is 634 g/mol. The molecule has 0 aliphatic heterocycles. The van der Waals surface area contributed by atoms with E-state index in [0.29, 0.717) is 42.0 Å². The molecular formula is C35H46N4O3S2. The normalized spacial score (nSPS) is 11.8. The smallest absolute Gasteiger partial charge is 0.224 e. The molecule has 1 atom stereocenters. The highest BCUT2D eigenvalue weighted by Crippen LogP contribution is 2.32. The van der Waals surface area contributed by atoms with Gasteiger partial charge in [0.2, 0.25) is 11.8 Å². The van der Waals surface area contributed by atoms with E-state index in [9.17, 15) is 14.7 Å². The maximum atomic E-state index is 12.4. The number of rotatable bonds is 12. The Morgan fingerprint density at radius 1 is 0.818 bits per heavy atom. The molecule has 0 fully saturated rings. The van der Waals surface area contributed by atoms with Crippen LogP contribution in [0.2, 0.25) is 0 Å². The third-order valence-corrected chi connectivity index (χ3v) is 8.77. The van der Waals surface area contributed by atoms with Crippen LogP contribution >= 0.6 is 22.7 Å². The van der Waals surface area contributed by atoms with Gasteiger partial charge in [-0.1, -0.05) is 64.8 Å². The second-order valence-electron chi connectivity index (χ2n) is 12.1. The maximum absolute atomic E-state index is 12.4. The summed E-state index contributed by atoms with van der Waals surface area (Å²) in [7, 11) is 0. The molecule has 44 heavy (non-hydrogen) atoms. The average molecular weight is 635 g/mol. The van der Waals surface area contributed by atoms with Gasteiger partial charge in [-0.3, -0.25) is 9.59 Å². The summed E-state index contributed by atoms with van der Waals surface area (Å²) in [5, 5.41) is 19.1. The van der Waals surface area contributed by atoms with Gasteiger partial charge >= 0.3 is 0 Å². The van der Waals surface area contributed by atoms with Gasteiger partial charge in [0.15, 0.2) is 0 Å². The summed E-state index contributed by atoms with van der Waals surface area (Å²) in [5.74, 6) is 0.170. The first-order valence-corrected chi connectivity index (χ1v) is 16.8. The van der Waals surface area contributed by atoms with Crippen LogP contribution in [0.15, 0.2) is 71.4 Å². The van der Waals surface area contributed by atoms with E-state index < -0.39 is 0 Å². The molecule has 0 bridgehead atoms. The molecule has 2 aromatic heterocycles. The van der Waals surface area contributed by atoms with Crippen LogP contribution in [0.25, 0.3) is 20.9 Å². The Bertz CT molecular complexity index is 1460. The van der Waals surface area contributed by atoms with Gasteiger partial charge in [-0.2, -0.15) is 0 Å². The van der Waals surface area contributed by atoms with Gasteiger partial charge in [0.05, 0.1) is 22.7 Å². The van der Waals surface area contributed by atoms with Crippen molar-refractivity contribution in [3.05, 3.63) is 71.4 Å². The largest absolute Gasteiger partial charge is 0.397 e. The van der Waals surface area contributed by atoms with Gasteiger partial charge < -0.3 is 27.2 Å². The van der Waals surface area contributed by atoms with Crippen LogP contribution in [-0.2, 0) is 9.59 Å². The Morgan fingerprint density at radius 3 is 1.77 bits per heavy atom. The summed E-state index contributed by atoms with van der Waals surface area (Å²) in [4.78, 5) is 26.7. The first kappa shape index (κ1) is 34.8. The minimum atomic E-state index is -0.0421. The number of nitrogens with two attached hydrogens (primary N) is 2. The molecular weight excluding hydrogens is 589 g/mol. The third kappa shape index (κ3) is 11.4. The SMILES string of the molecule is CC(C)(C)CC(=O)Nc1cc(-c2cccs2)ccc1N.CCCCC(CCO)CC(=O)Nc1cc(-c2cccs2)ccc1N. The number of hydrogen-bond donors (Lipinski definition) is 5. The first-order chi connectivity index (χ1) is 21.0. The van der Waals surface area contributed by atoms with Gasteiger partial charge in [0.1, 0.15) is 0 Å². The van der Waals surface area contributed by atoms with Crippen molar-refractivity contribution in [2.75, 3.05) is 28.7 Å². The highest BCUT2D eigenvalue weighted by atomic mass is 32.1. The Labute approximate surface area is 269 Å². The highest BCUT2D eigenvalue weighted by molar-refractivity contribution is 7.13. The fraction of sp³-hybridized carbons (Fsp3) is 0.371. The molecule has 4 rings (SSSR count). The lowest BCUT2D eigenvalue weighted by Gasteiger charge is -2.18. The van der Waals surface area contributed by atoms with Crippen molar-refractivity contribution < 1.29 is 14.7 Å². The van der Waals surface area contributed by atoms with Crippen molar-refractivity contribution >= 4 is 57.2 Å². The molecule has 4 aromatic rings. The maximum Gasteiger partial charge on any atom is 0.224 e. The molecule has 7 N–H and O–H groups in total. The van der Waals surface area contributed by atoms with Gasteiger partial charge in [-0.25, -0.2) is 0 Å². The molecule has 1 unspecified atom stereocenters. The Morgan fingerprint density at radius 2 is 1.34 bits per heavy atom. The van der Waals surface area contributed by atoms with Gasteiger partial charge in [0.25, 0.3) is 0 Å². The van der Waals surface area contributed by atoms with E-state index in [-0.39, 0.29) is 29.8 Å². The summed E-state index contributed by atoms with van der Waals surface area (Å²) in [6.45, 7) is 8.37. The van der Waals surface area contributed by atoms with Crippen molar-refractivity contribution in [2.24, 2.45) is 11.3 Å². The molecule has 2 aromatic carbocycles. The highest BCUT2D eigenvalue weighted by Gasteiger charge is 2.17. The number of aliphatic hydroxyl groups is 1. The number of thiophene rings is 2. The Balaban J connectivity index is 0.000000244. The predicted molar refractivity (Wildman–Crippen MR) is 189 cm³/mol. The number of nitrogens with one attached hydrogen (secondary N) is 2. The summed E-state index contributed by atoms with van der Waals surface area (Å²) in [5.41, 5.74) is 16.5. The predicted octanol–water partition coefficient (Wildman–Crippen LogP) is 8.89. The zero-order valence-corrected chi connectivity index (χ0v) is 27.8. The lowest BCUT2D eigenvalue weighted by atomic mass is 9.92. The molecule has 7 nitrogen and oxygen atoms in total. The van der Waals surface area contributed by atoms with Crippen LogP contribution in [0.3, 0.4) is 0 Å². The van der Waals surface area contributed by atoms with Crippen molar-refractivity contribution in [3.8, 4) is 20.9 Å². The van der Waals surface area contributed by atoms with E-state index in [0.717, 1.165) is 40.1 Å². The standard InChI is InChI=1S/C19H26N2O2S.C16H20N2OS/c1-2-3-5-14(9-10-22)12-19(23)21-17-13-15(7-8-16(17)20)18-6-4-11-24-18;1-16(2,3)10-15(19)18-13-9-11(6-7-12(13)17)14-5-4-8-20-14/h4,6-8,11,13-14,22H,2-3,5,9-10,12,20H2,1H3,(H,21,23);4-9H,10,17H2,1-3H3,(H,18,19). The summed E-state index contributed by atoms with van der Waals surface area (Å²) < 4.78 is 0. The second kappa shape index (κ2) is 17.0. The number of carbonyl (C=O) groups excluding carboxylic acids is 2. The van der Waals surface area contributed by atoms with Crippen LogP contribution in [0.4, 0.5) is 22.7 Å². The number of aliphatic hydroxyl groups excluding tert-OH is 1. The van der Waals surface area contributed by atoms with Crippen molar-refractivity contribution in [1.82, 2.24) is 0 Å². The van der Waals surface area contributed by atoms with Crippen molar-refractivity contribution in [3.63, 3.8) is 0 Å². The Kier molecular flexibility index (Phi) is 13.4. The number of hydrogen-bond acceptors (Lipinski definition) is 7. The third-order valence-electron chi connectivity index (χ3n) is 6.93. The Hall–Kier alpha value is -3.66. The molecule has 0 spiro atoms. The topological polar surface area (TPSA) is 130 Å². The number of carbonyl (C=O) groups is 2. The molecule has 2 amide bonds. The molecule has 0 radical (unpaired) electrons. The minimum Gasteiger partial charge on any atom is -0.397 e. The van der Waals surface area contributed by atoms with Crippen LogP contribution in [-0.4, -0.2) is 23.5 Å². The van der Waals surface area contributed by atoms with E-state index in [1.807, 2.05) is 86.1 Å². The average Bonchev–Trinajstić information content (AvgIpc) is 3.69. The lowest BCUT2D eigenvalue weighted by molar-refractivity contribution is -0.118. The van der Waals surface area contributed by atoms with E-state index in [4.69, 9.17) is 11.5 Å². The minimum absolute atomic E-state index is 0.00692. The molecule has 236 valence electrons. The number of unbranched alkanes of at least 4 members (excludes halogenated alkanes) is 1. The molecule has 0 saturated heterocycles. The molecule has 2 heterocycles. The zero-order valence-electron chi connectivity index (χ0n) is 26.2. The summed E-state index contributed by atoms with van der Waals surface area (Å²) >= 11 is 3.32. The number of benzene rings is 2. The van der Waals surface area contributed by atoms with E-state index in [1.165, 1.54) is 0 Å². The number of nitrogen functional groups attached to an aromatic ring is 2. The summed E-state index contributed by atoms with van der Waals surface area (Å²) in [6.07, 6.45) is 4.69. The molecule has 0 saturated carbocycles. The number of anilines is 4. The lowest BCUT2D eigenvalue weighted by Crippen LogP contribution is -2.20. The summed E-state index contributed by atoms with van der Waals surface area (Å²) in [6, 6.07) is 19.6. The first-order valence-electron chi connectivity index (χ1n) is 15.1. The fourth-order valence-electron chi connectivity index (χ4n) is 4.68. The fourth-order valence-corrected chi connectivity index (χ4v) is 6.13. The second-order valence-corrected chi connectivity index (χ2v) is 14.0. The van der Waals surface area contributed by atoms with Crippen LogP contribution < -0.4 is 22.1 Å². The van der Waals surface area contributed by atoms with E-state index in [1.54, 1.807) is 22.7 Å². The van der Waals surface area contributed by atoms with Crippen molar-refractivity contribution in [1.29, 1.82) is 0 Å². The molecule has 9 heteroatoms. The van der Waals surface area contributed by atoms with Crippen LogP contribution in [0.1, 0.15) is 66.2 Å². The van der Waals surface area contributed by atoms with Crippen LogP contribution in [0, 0.1) is 11.3 Å². The quantitative estimate of drug-likeness (QED) is 0.0994.